The van der Waals surface area contributed by atoms with Crippen LogP contribution in [0, 0.1) is 16.7 Å². The van der Waals surface area contributed by atoms with Crippen molar-refractivity contribution < 1.29 is 14.7 Å². The third-order valence-corrected chi connectivity index (χ3v) is 7.01. The Labute approximate surface area is 177 Å². The minimum atomic E-state index is -0.378. The molecular formula is C23H30N4O3. The van der Waals surface area contributed by atoms with E-state index in [1.54, 1.807) is 6.07 Å². The zero-order valence-electron chi connectivity index (χ0n) is 17.6. The van der Waals surface area contributed by atoms with Gasteiger partial charge in [0, 0.05) is 38.3 Å². The normalized spacial score (nSPS) is 29.2. The SMILES string of the molecule is CC(=O)Nc1ccc(N2CCC[C@@]3(CCN([C@H]4CC[C@H](O)CC4)C3=O)C2)c(C#N)c1. The van der Waals surface area contributed by atoms with Gasteiger partial charge in [-0.15, -0.1) is 0 Å². The number of hydrogen-bond donors (Lipinski definition) is 2. The van der Waals surface area contributed by atoms with Crippen molar-refractivity contribution in [3.8, 4) is 6.07 Å². The van der Waals surface area contributed by atoms with Crippen LogP contribution in [0.3, 0.4) is 0 Å². The third kappa shape index (κ3) is 3.89. The number of hydrogen-bond acceptors (Lipinski definition) is 5. The van der Waals surface area contributed by atoms with Gasteiger partial charge in [-0.05, 0) is 63.1 Å². The van der Waals surface area contributed by atoms with Crippen molar-refractivity contribution in [1.82, 2.24) is 4.90 Å². The lowest BCUT2D eigenvalue weighted by Gasteiger charge is -2.41. The Kier molecular flexibility index (Phi) is 5.70. The quantitative estimate of drug-likeness (QED) is 0.799. The molecule has 2 amide bonds. The van der Waals surface area contributed by atoms with E-state index in [0.717, 1.165) is 63.7 Å². The van der Waals surface area contributed by atoms with Gasteiger partial charge in [-0.1, -0.05) is 0 Å². The minimum absolute atomic E-state index is 0.171. The van der Waals surface area contributed by atoms with Gasteiger partial charge in [0.15, 0.2) is 0 Å². The summed E-state index contributed by atoms with van der Waals surface area (Å²) in [6, 6.07) is 7.90. The summed E-state index contributed by atoms with van der Waals surface area (Å²) in [6.45, 7) is 3.68. The molecule has 1 aliphatic carbocycles. The average molecular weight is 411 g/mol. The Morgan fingerprint density at radius 2 is 2.00 bits per heavy atom. The lowest BCUT2D eigenvalue weighted by Crippen LogP contribution is -2.50. The van der Waals surface area contributed by atoms with Crippen molar-refractivity contribution in [3.63, 3.8) is 0 Å². The topological polar surface area (TPSA) is 96.7 Å². The fourth-order valence-corrected chi connectivity index (χ4v) is 5.46. The molecule has 30 heavy (non-hydrogen) atoms. The highest BCUT2D eigenvalue weighted by atomic mass is 16.3. The molecule has 7 heteroatoms. The number of aliphatic hydroxyl groups excluding tert-OH is 1. The highest BCUT2D eigenvalue weighted by Gasteiger charge is 2.50. The Hall–Kier alpha value is -2.59. The number of amides is 2. The van der Waals surface area contributed by atoms with E-state index in [1.165, 1.54) is 6.92 Å². The summed E-state index contributed by atoms with van der Waals surface area (Å²) in [5.41, 5.74) is 1.58. The van der Waals surface area contributed by atoms with E-state index >= 15 is 0 Å². The van der Waals surface area contributed by atoms with Crippen LogP contribution in [0.2, 0.25) is 0 Å². The number of nitrogens with one attached hydrogen (secondary N) is 1. The van der Waals surface area contributed by atoms with Gasteiger partial charge in [0.1, 0.15) is 6.07 Å². The van der Waals surface area contributed by atoms with Gasteiger partial charge < -0.3 is 20.2 Å². The standard InChI is InChI=1S/C23H30N4O3/c1-16(28)25-18-3-8-21(17(13-18)14-24)26-11-2-9-23(15-26)10-12-27(22(23)30)19-4-6-20(29)7-5-19/h3,8,13,19-20,29H,2,4-7,9-12,15H2,1H3,(H,25,28)/t19-,20-,23-/m1/s1. The first-order chi connectivity index (χ1) is 14.4. The molecule has 4 rings (SSSR count). The summed E-state index contributed by atoms with van der Waals surface area (Å²) < 4.78 is 0. The Bertz CT molecular complexity index is 872. The Morgan fingerprint density at radius 1 is 1.23 bits per heavy atom. The fraction of sp³-hybridized carbons (Fsp3) is 0.609. The summed E-state index contributed by atoms with van der Waals surface area (Å²) in [4.78, 5) is 29.1. The van der Waals surface area contributed by atoms with Gasteiger partial charge in [0.2, 0.25) is 11.8 Å². The van der Waals surface area contributed by atoms with Crippen LogP contribution in [0.15, 0.2) is 18.2 Å². The number of carbonyl (C=O) groups excluding carboxylic acids is 2. The minimum Gasteiger partial charge on any atom is -0.393 e. The van der Waals surface area contributed by atoms with E-state index in [4.69, 9.17) is 0 Å². The monoisotopic (exact) mass is 410 g/mol. The van der Waals surface area contributed by atoms with Gasteiger partial charge in [-0.2, -0.15) is 5.26 Å². The van der Waals surface area contributed by atoms with Crippen LogP contribution < -0.4 is 10.2 Å². The number of piperidine rings is 1. The third-order valence-electron chi connectivity index (χ3n) is 7.01. The molecule has 3 fully saturated rings. The van der Waals surface area contributed by atoms with Crippen LogP contribution in [0.1, 0.15) is 57.4 Å². The smallest absolute Gasteiger partial charge is 0.230 e. The molecule has 7 nitrogen and oxygen atoms in total. The lowest BCUT2D eigenvalue weighted by molar-refractivity contribution is -0.139. The van der Waals surface area contributed by atoms with Gasteiger partial charge in [0.05, 0.1) is 22.8 Å². The second-order valence-electron chi connectivity index (χ2n) is 9.04. The first-order valence-electron chi connectivity index (χ1n) is 11.0. The zero-order valence-corrected chi connectivity index (χ0v) is 17.6. The molecule has 0 aromatic heterocycles. The van der Waals surface area contributed by atoms with Gasteiger partial charge in [-0.3, -0.25) is 9.59 Å². The summed E-state index contributed by atoms with van der Waals surface area (Å²) in [7, 11) is 0. The number of nitrogens with zero attached hydrogens (tertiary/aromatic N) is 3. The van der Waals surface area contributed by atoms with Crippen molar-refractivity contribution in [2.75, 3.05) is 29.9 Å². The molecule has 0 unspecified atom stereocenters. The predicted octanol–water partition coefficient (Wildman–Crippen LogP) is 2.64. The number of benzene rings is 1. The lowest BCUT2D eigenvalue weighted by atomic mass is 9.78. The number of rotatable bonds is 3. The molecule has 2 aliphatic heterocycles. The van der Waals surface area contributed by atoms with E-state index in [0.29, 0.717) is 17.8 Å². The van der Waals surface area contributed by atoms with Gasteiger partial charge in [0.25, 0.3) is 0 Å². The van der Waals surface area contributed by atoms with Crippen LogP contribution in [0.5, 0.6) is 0 Å². The molecule has 2 saturated heterocycles. The maximum atomic E-state index is 13.5. The molecule has 1 atom stereocenters. The van der Waals surface area contributed by atoms with Crippen molar-refractivity contribution in [1.29, 1.82) is 5.26 Å². The van der Waals surface area contributed by atoms with Crippen LogP contribution in [0.4, 0.5) is 11.4 Å². The predicted molar refractivity (Wildman–Crippen MR) is 114 cm³/mol. The van der Waals surface area contributed by atoms with E-state index < -0.39 is 0 Å². The molecule has 0 radical (unpaired) electrons. The fourth-order valence-electron chi connectivity index (χ4n) is 5.46. The van der Waals surface area contributed by atoms with Crippen LogP contribution in [-0.4, -0.2) is 53.6 Å². The maximum Gasteiger partial charge on any atom is 0.230 e. The molecule has 1 spiro atoms. The second-order valence-corrected chi connectivity index (χ2v) is 9.04. The highest BCUT2D eigenvalue weighted by molar-refractivity contribution is 5.89. The largest absolute Gasteiger partial charge is 0.393 e. The Morgan fingerprint density at radius 3 is 2.70 bits per heavy atom. The van der Waals surface area contributed by atoms with Crippen molar-refractivity contribution >= 4 is 23.2 Å². The van der Waals surface area contributed by atoms with Crippen LogP contribution in [0.25, 0.3) is 0 Å². The number of likely N-dealkylation sites (tertiary alicyclic amines) is 1. The number of anilines is 2. The second kappa shape index (κ2) is 8.27. The molecule has 1 saturated carbocycles. The summed E-state index contributed by atoms with van der Waals surface area (Å²) in [5, 5.41) is 22.2. The molecular weight excluding hydrogens is 380 g/mol. The van der Waals surface area contributed by atoms with Gasteiger partial charge in [-0.25, -0.2) is 0 Å². The Balaban J connectivity index is 1.52. The van der Waals surface area contributed by atoms with Gasteiger partial charge >= 0.3 is 0 Å². The van der Waals surface area contributed by atoms with Crippen LogP contribution >= 0.6 is 0 Å². The number of nitriles is 1. The molecule has 3 aliphatic rings. The van der Waals surface area contributed by atoms with E-state index in [9.17, 15) is 20.0 Å². The molecule has 2 heterocycles. The summed E-state index contributed by atoms with van der Waals surface area (Å²) >= 11 is 0. The van der Waals surface area contributed by atoms with Crippen LogP contribution in [-0.2, 0) is 9.59 Å². The van der Waals surface area contributed by atoms with Crippen molar-refractivity contribution in [2.45, 2.75) is 64.0 Å². The van der Waals surface area contributed by atoms with Crippen molar-refractivity contribution in [3.05, 3.63) is 23.8 Å². The summed E-state index contributed by atoms with van der Waals surface area (Å²) in [6.07, 6.45) is 5.77. The zero-order chi connectivity index (χ0) is 21.3. The molecule has 2 N–H and O–H groups in total. The first kappa shape index (κ1) is 20.7. The maximum absolute atomic E-state index is 13.5. The number of aliphatic hydroxyl groups is 1. The van der Waals surface area contributed by atoms with E-state index in [2.05, 4.69) is 21.2 Å². The molecule has 0 bridgehead atoms. The average Bonchev–Trinajstić information content (AvgIpc) is 3.03. The molecule has 1 aromatic carbocycles. The highest BCUT2D eigenvalue weighted by Crippen LogP contribution is 2.44. The number of carbonyl (C=O) groups is 2. The van der Waals surface area contributed by atoms with E-state index in [-0.39, 0.29) is 29.4 Å². The summed E-state index contributed by atoms with van der Waals surface area (Å²) in [5.74, 6) is 0.0809. The molecule has 1 aromatic rings. The van der Waals surface area contributed by atoms with Crippen molar-refractivity contribution in [2.24, 2.45) is 5.41 Å². The van der Waals surface area contributed by atoms with E-state index in [1.807, 2.05) is 12.1 Å². The molecule has 160 valence electrons. The first-order valence-corrected chi connectivity index (χ1v) is 11.0.